The number of hydrogen-bond donors (Lipinski definition) is 0. The standard InChI is InChI=1S/C12H12BrF3O3/c1-3-19-10(17)11(18-2,12(14,15)16)8-5-4-6-9(13)7-8/h4-7H,3H2,1-2H3. The molecule has 1 rings (SSSR count). The first-order valence-electron chi connectivity index (χ1n) is 5.34. The SMILES string of the molecule is CCOC(=O)C(OC)(c1cccc(Br)c1)C(F)(F)F. The average molecular weight is 341 g/mol. The summed E-state index contributed by atoms with van der Waals surface area (Å²) < 4.78 is 49.4. The minimum Gasteiger partial charge on any atom is -0.463 e. The molecule has 0 fully saturated rings. The van der Waals surface area contributed by atoms with E-state index in [4.69, 9.17) is 0 Å². The van der Waals surface area contributed by atoms with Crippen LogP contribution in [0.4, 0.5) is 13.2 Å². The summed E-state index contributed by atoms with van der Waals surface area (Å²) in [4.78, 5) is 11.8. The highest BCUT2D eigenvalue weighted by Gasteiger charge is 2.64. The summed E-state index contributed by atoms with van der Waals surface area (Å²) in [7, 11) is 0.825. The molecule has 1 aromatic carbocycles. The van der Waals surface area contributed by atoms with Crippen LogP contribution in [0.1, 0.15) is 12.5 Å². The van der Waals surface area contributed by atoms with Crippen molar-refractivity contribution in [1.29, 1.82) is 0 Å². The monoisotopic (exact) mass is 340 g/mol. The molecule has 19 heavy (non-hydrogen) atoms. The summed E-state index contributed by atoms with van der Waals surface area (Å²) in [6, 6.07) is 5.27. The van der Waals surface area contributed by atoms with E-state index in [0.717, 1.165) is 7.11 Å². The number of halogens is 4. The second-order valence-corrected chi connectivity index (χ2v) is 4.53. The molecule has 3 nitrogen and oxygen atoms in total. The van der Waals surface area contributed by atoms with Gasteiger partial charge in [-0.2, -0.15) is 13.2 Å². The minimum absolute atomic E-state index is 0.173. The van der Waals surface area contributed by atoms with E-state index in [2.05, 4.69) is 25.4 Å². The van der Waals surface area contributed by atoms with Crippen LogP contribution in [0.3, 0.4) is 0 Å². The van der Waals surface area contributed by atoms with Crippen molar-refractivity contribution in [1.82, 2.24) is 0 Å². The van der Waals surface area contributed by atoms with Crippen LogP contribution in [-0.2, 0) is 19.9 Å². The van der Waals surface area contributed by atoms with Crippen molar-refractivity contribution in [3.05, 3.63) is 34.3 Å². The van der Waals surface area contributed by atoms with Crippen LogP contribution in [0, 0.1) is 0 Å². The number of carbonyl (C=O) groups is 1. The molecule has 106 valence electrons. The molecule has 7 heteroatoms. The molecule has 1 atom stereocenters. The molecule has 1 unspecified atom stereocenters. The predicted octanol–water partition coefficient (Wildman–Crippen LogP) is 3.42. The van der Waals surface area contributed by atoms with Crippen molar-refractivity contribution in [2.75, 3.05) is 13.7 Å². The molecule has 0 aliphatic rings. The highest BCUT2D eigenvalue weighted by Crippen LogP contribution is 2.43. The number of ether oxygens (including phenoxy) is 2. The van der Waals surface area contributed by atoms with Gasteiger partial charge in [0, 0.05) is 17.1 Å². The number of esters is 1. The number of methoxy groups -OCH3 is 1. The highest BCUT2D eigenvalue weighted by molar-refractivity contribution is 9.10. The van der Waals surface area contributed by atoms with E-state index in [1.54, 1.807) is 6.07 Å². The number of rotatable bonds is 4. The van der Waals surface area contributed by atoms with Gasteiger partial charge in [0.25, 0.3) is 5.60 Å². The van der Waals surface area contributed by atoms with Crippen molar-refractivity contribution in [2.45, 2.75) is 18.7 Å². The third-order valence-corrected chi connectivity index (χ3v) is 2.99. The summed E-state index contributed by atoms with van der Waals surface area (Å²) in [5.41, 5.74) is -3.46. The van der Waals surface area contributed by atoms with Crippen molar-refractivity contribution in [3.63, 3.8) is 0 Å². The molecule has 0 radical (unpaired) electrons. The molecular weight excluding hydrogens is 329 g/mol. The van der Waals surface area contributed by atoms with Crippen LogP contribution < -0.4 is 0 Å². The average Bonchev–Trinajstić information content (AvgIpc) is 2.29. The molecule has 0 saturated heterocycles. The smallest absolute Gasteiger partial charge is 0.432 e. The second kappa shape index (κ2) is 5.92. The van der Waals surface area contributed by atoms with E-state index in [0.29, 0.717) is 4.47 Å². The lowest BCUT2D eigenvalue weighted by atomic mass is 9.93. The lowest BCUT2D eigenvalue weighted by molar-refractivity contribution is -0.276. The Morgan fingerprint density at radius 2 is 2.00 bits per heavy atom. The van der Waals surface area contributed by atoms with E-state index >= 15 is 0 Å². The van der Waals surface area contributed by atoms with Crippen molar-refractivity contribution in [3.8, 4) is 0 Å². The molecule has 0 N–H and O–H groups in total. The van der Waals surface area contributed by atoms with Crippen LogP contribution in [0.2, 0.25) is 0 Å². The zero-order valence-electron chi connectivity index (χ0n) is 10.3. The largest absolute Gasteiger partial charge is 0.463 e. The molecule has 0 bridgehead atoms. The van der Waals surface area contributed by atoms with Crippen LogP contribution in [0.15, 0.2) is 28.7 Å². The van der Waals surface area contributed by atoms with Gasteiger partial charge in [-0.3, -0.25) is 0 Å². The molecule has 0 aliphatic heterocycles. The van der Waals surface area contributed by atoms with Crippen molar-refractivity contribution >= 4 is 21.9 Å². The van der Waals surface area contributed by atoms with E-state index in [1.165, 1.54) is 25.1 Å². The van der Waals surface area contributed by atoms with Gasteiger partial charge in [-0.15, -0.1) is 0 Å². The fraction of sp³-hybridized carbons (Fsp3) is 0.417. The Kier molecular flexibility index (Phi) is 4.98. The van der Waals surface area contributed by atoms with Gasteiger partial charge in [-0.05, 0) is 19.1 Å². The third-order valence-electron chi connectivity index (χ3n) is 2.50. The Morgan fingerprint density at radius 3 is 2.42 bits per heavy atom. The molecule has 0 aliphatic carbocycles. The van der Waals surface area contributed by atoms with E-state index in [-0.39, 0.29) is 12.2 Å². The second-order valence-electron chi connectivity index (χ2n) is 3.61. The minimum atomic E-state index is -4.94. The number of alkyl halides is 3. The molecule has 0 heterocycles. The summed E-state index contributed by atoms with van der Waals surface area (Å²) >= 11 is 3.06. The molecule has 0 amide bonds. The first-order chi connectivity index (χ1) is 8.79. The summed E-state index contributed by atoms with van der Waals surface area (Å²) in [6.45, 7) is 1.25. The van der Waals surface area contributed by atoms with Gasteiger partial charge in [0.1, 0.15) is 0 Å². The Morgan fingerprint density at radius 1 is 1.37 bits per heavy atom. The first kappa shape index (κ1) is 16.0. The number of benzene rings is 1. The van der Waals surface area contributed by atoms with Gasteiger partial charge >= 0.3 is 12.1 Å². The lowest BCUT2D eigenvalue weighted by Gasteiger charge is -2.32. The Bertz CT molecular complexity index is 462. The fourth-order valence-electron chi connectivity index (χ4n) is 1.65. The van der Waals surface area contributed by atoms with Crippen LogP contribution in [-0.4, -0.2) is 25.9 Å². The van der Waals surface area contributed by atoms with Crippen LogP contribution in [0.25, 0.3) is 0 Å². The fourth-order valence-corrected chi connectivity index (χ4v) is 2.05. The Labute approximate surface area is 116 Å². The normalized spacial score (nSPS) is 14.8. The Hall–Kier alpha value is -1.08. The molecule has 1 aromatic rings. The van der Waals surface area contributed by atoms with Gasteiger partial charge in [-0.25, -0.2) is 4.79 Å². The maximum atomic E-state index is 13.3. The number of carbonyl (C=O) groups excluding carboxylic acids is 1. The van der Waals surface area contributed by atoms with Crippen molar-refractivity contribution in [2.24, 2.45) is 0 Å². The Balaban J connectivity index is 3.45. The molecule has 0 spiro atoms. The zero-order chi connectivity index (χ0) is 14.7. The summed E-state index contributed by atoms with van der Waals surface area (Å²) in [6.07, 6.45) is -4.94. The predicted molar refractivity (Wildman–Crippen MR) is 65.5 cm³/mol. The topological polar surface area (TPSA) is 35.5 Å². The van der Waals surface area contributed by atoms with E-state index < -0.39 is 17.7 Å². The van der Waals surface area contributed by atoms with E-state index in [9.17, 15) is 18.0 Å². The summed E-state index contributed by atoms with van der Waals surface area (Å²) in [5, 5.41) is 0. The molecular formula is C12H12BrF3O3. The van der Waals surface area contributed by atoms with Crippen molar-refractivity contribution < 1.29 is 27.4 Å². The number of hydrogen-bond acceptors (Lipinski definition) is 3. The van der Waals surface area contributed by atoms with Gasteiger partial charge in [0.05, 0.1) is 6.61 Å². The first-order valence-corrected chi connectivity index (χ1v) is 6.14. The third kappa shape index (κ3) is 2.92. The quantitative estimate of drug-likeness (QED) is 0.788. The molecule has 0 saturated carbocycles. The lowest BCUT2D eigenvalue weighted by Crippen LogP contribution is -2.51. The van der Waals surface area contributed by atoms with Gasteiger partial charge in [0.15, 0.2) is 0 Å². The maximum absolute atomic E-state index is 13.3. The summed E-state index contributed by atoms with van der Waals surface area (Å²) in [5.74, 6) is -1.48. The molecule has 0 aromatic heterocycles. The van der Waals surface area contributed by atoms with Gasteiger partial charge in [-0.1, -0.05) is 28.1 Å². The highest BCUT2D eigenvalue weighted by atomic mass is 79.9. The van der Waals surface area contributed by atoms with Crippen LogP contribution >= 0.6 is 15.9 Å². The maximum Gasteiger partial charge on any atom is 0.432 e. The van der Waals surface area contributed by atoms with Gasteiger partial charge in [0.2, 0.25) is 0 Å². The van der Waals surface area contributed by atoms with Crippen LogP contribution in [0.5, 0.6) is 0 Å². The van der Waals surface area contributed by atoms with E-state index in [1.807, 2.05) is 0 Å². The zero-order valence-corrected chi connectivity index (χ0v) is 11.8. The van der Waals surface area contributed by atoms with Gasteiger partial charge < -0.3 is 9.47 Å².